The topological polar surface area (TPSA) is 95.2 Å². The third-order valence-electron chi connectivity index (χ3n) is 3.97. The van der Waals surface area contributed by atoms with E-state index < -0.39 is 0 Å². The van der Waals surface area contributed by atoms with Crippen LogP contribution in [0.3, 0.4) is 0 Å². The minimum atomic E-state index is 0.245. The lowest BCUT2D eigenvalue weighted by molar-refractivity contribution is 0.374. The Balaban J connectivity index is 1.64. The van der Waals surface area contributed by atoms with Crippen LogP contribution >= 0.6 is 11.3 Å². The summed E-state index contributed by atoms with van der Waals surface area (Å²) in [6.45, 7) is 2.03. The van der Waals surface area contributed by atoms with E-state index in [1.54, 1.807) is 19.2 Å². The van der Waals surface area contributed by atoms with Crippen LogP contribution in [-0.2, 0) is 0 Å². The first kappa shape index (κ1) is 17.0. The molecule has 0 aliphatic heterocycles. The number of hydrogen-bond acceptors (Lipinski definition) is 8. The van der Waals surface area contributed by atoms with Gasteiger partial charge in [0.25, 0.3) is 0 Å². The Labute approximate surface area is 159 Å². The van der Waals surface area contributed by atoms with Gasteiger partial charge in [0.2, 0.25) is 5.88 Å². The van der Waals surface area contributed by atoms with Crippen molar-refractivity contribution in [2.75, 3.05) is 18.2 Å². The van der Waals surface area contributed by atoms with Crippen LogP contribution in [0.5, 0.6) is 17.4 Å². The number of ether oxygens (including phenoxy) is 2. The summed E-state index contributed by atoms with van der Waals surface area (Å²) < 4.78 is 12.2. The van der Waals surface area contributed by atoms with E-state index in [-0.39, 0.29) is 5.88 Å². The summed E-state index contributed by atoms with van der Waals surface area (Å²) in [5.41, 5.74) is 8.59. The van der Waals surface area contributed by atoms with Crippen molar-refractivity contribution in [3.8, 4) is 17.4 Å². The van der Waals surface area contributed by atoms with Crippen LogP contribution in [-0.4, -0.2) is 22.1 Å². The number of benzene rings is 2. The summed E-state index contributed by atoms with van der Waals surface area (Å²) in [5.74, 6) is 1.79. The van der Waals surface area contributed by atoms with E-state index >= 15 is 0 Å². The molecule has 0 atom stereocenters. The maximum atomic E-state index is 6.22. The van der Waals surface area contributed by atoms with Crippen LogP contribution in [0, 0.1) is 6.92 Å². The molecule has 136 valence electrons. The van der Waals surface area contributed by atoms with Gasteiger partial charge >= 0.3 is 0 Å². The van der Waals surface area contributed by atoms with E-state index in [1.165, 1.54) is 17.7 Å². The fraction of sp³-hybridized carbons (Fsp3) is 0.105. The molecule has 2 aromatic heterocycles. The van der Waals surface area contributed by atoms with Gasteiger partial charge in [-0.1, -0.05) is 35.6 Å². The molecule has 0 aliphatic carbocycles. The Morgan fingerprint density at radius 2 is 1.85 bits per heavy atom. The van der Waals surface area contributed by atoms with E-state index in [1.807, 2.05) is 37.3 Å². The maximum Gasteiger partial charge on any atom is 0.248 e. The number of para-hydroxylation sites is 3. The molecule has 2 heterocycles. The Hall–Kier alpha value is -3.39. The van der Waals surface area contributed by atoms with E-state index in [4.69, 9.17) is 15.2 Å². The van der Waals surface area contributed by atoms with Gasteiger partial charge in [-0.05, 0) is 30.7 Å². The van der Waals surface area contributed by atoms with Crippen LogP contribution in [0.1, 0.15) is 5.56 Å². The SMILES string of the molecule is COc1ccccc1Oc1ncnc(Nc2nc3c(C)cccc3s2)c1N. The second-order valence-electron chi connectivity index (χ2n) is 5.76. The number of rotatable bonds is 5. The predicted molar refractivity (Wildman–Crippen MR) is 107 cm³/mol. The second kappa shape index (κ2) is 7.08. The number of nitrogen functional groups attached to an aromatic ring is 1. The monoisotopic (exact) mass is 379 g/mol. The average molecular weight is 379 g/mol. The highest BCUT2D eigenvalue weighted by atomic mass is 32.1. The van der Waals surface area contributed by atoms with E-state index in [9.17, 15) is 0 Å². The minimum Gasteiger partial charge on any atom is -0.493 e. The molecule has 4 aromatic rings. The number of fused-ring (bicyclic) bond motifs is 1. The van der Waals surface area contributed by atoms with Gasteiger partial charge in [-0.25, -0.2) is 9.97 Å². The molecule has 4 rings (SSSR count). The second-order valence-corrected chi connectivity index (χ2v) is 6.79. The normalized spacial score (nSPS) is 10.7. The van der Waals surface area contributed by atoms with Crippen molar-refractivity contribution in [1.29, 1.82) is 0 Å². The third-order valence-corrected chi connectivity index (χ3v) is 4.91. The molecule has 7 nitrogen and oxygen atoms in total. The molecule has 0 unspecified atom stereocenters. The molecule has 0 amide bonds. The van der Waals surface area contributed by atoms with Crippen molar-refractivity contribution in [1.82, 2.24) is 15.0 Å². The molecular formula is C19H17N5O2S. The van der Waals surface area contributed by atoms with Crippen LogP contribution in [0.4, 0.5) is 16.6 Å². The zero-order valence-electron chi connectivity index (χ0n) is 14.8. The molecule has 0 fully saturated rings. The number of anilines is 3. The zero-order valence-corrected chi connectivity index (χ0v) is 15.6. The zero-order chi connectivity index (χ0) is 18.8. The summed E-state index contributed by atoms with van der Waals surface area (Å²) in [4.78, 5) is 13.0. The molecule has 2 aromatic carbocycles. The average Bonchev–Trinajstić information content (AvgIpc) is 3.09. The molecule has 3 N–H and O–H groups in total. The number of thiazole rings is 1. The quantitative estimate of drug-likeness (QED) is 0.526. The van der Waals surface area contributed by atoms with Gasteiger partial charge in [0.15, 0.2) is 22.4 Å². The largest absolute Gasteiger partial charge is 0.493 e. The molecule has 0 saturated heterocycles. The van der Waals surface area contributed by atoms with Crippen LogP contribution in [0.25, 0.3) is 10.2 Å². The first-order chi connectivity index (χ1) is 13.2. The molecule has 0 saturated carbocycles. The van der Waals surface area contributed by atoms with Crippen molar-refractivity contribution >= 4 is 38.2 Å². The summed E-state index contributed by atoms with van der Waals surface area (Å²) in [5, 5.41) is 3.87. The summed E-state index contributed by atoms with van der Waals surface area (Å²) in [6, 6.07) is 13.4. The number of nitrogens with zero attached hydrogens (tertiary/aromatic N) is 3. The van der Waals surface area contributed by atoms with Gasteiger partial charge in [-0.2, -0.15) is 4.98 Å². The Morgan fingerprint density at radius 1 is 1.04 bits per heavy atom. The third kappa shape index (κ3) is 3.34. The smallest absolute Gasteiger partial charge is 0.248 e. The first-order valence-electron chi connectivity index (χ1n) is 8.20. The summed E-state index contributed by atoms with van der Waals surface area (Å²) >= 11 is 1.53. The van der Waals surface area contributed by atoms with E-state index in [0.717, 1.165) is 15.8 Å². The van der Waals surface area contributed by atoms with Gasteiger partial charge < -0.3 is 20.5 Å². The van der Waals surface area contributed by atoms with Gasteiger partial charge in [0.05, 0.1) is 17.3 Å². The maximum absolute atomic E-state index is 6.22. The number of aromatic nitrogens is 3. The van der Waals surface area contributed by atoms with Crippen molar-refractivity contribution in [2.45, 2.75) is 6.92 Å². The highest BCUT2D eigenvalue weighted by molar-refractivity contribution is 7.22. The lowest BCUT2D eigenvalue weighted by Crippen LogP contribution is -2.03. The minimum absolute atomic E-state index is 0.245. The molecule has 0 bridgehead atoms. The molecule has 8 heteroatoms. The molecule has 0 spiro atoms. The molecule has 0 radical (unpaired) electrons. The lowest BCUT2D eigenvalue weighted by Gasteiger charge is -2.12. The number of nitrogens with two attached hydrogens (primary N) is 1. The van der Waals surface area contributed by atoms with Gasteiger partial charge in [-0.3, -0.25) is 0 Å². The summed E-state index contributed by atoms with van der Waals surface area (Å²) in [7, 11) is 1.58. The number of methoxy groups -OCH3 is 1. The highest BCUT2D eigenvalue weighted by Crippen LogP contribution is 2.36. The Kier molecular flexibility index (Phi) is 4.47. The van der Waals surface area contributed by atoms with Crippen molar-refractivity contribution in [2.24, 2.45) is 0 Å². The number of nitrogens with one attached hydrogen (secondary N) is 1. The predicted octanol–water partition coefficient (Wildman–Crippen LogP) is 4.52. The highest BCUT2D eigenvalue weighted by Gasteiger charge is 2.14. The first-order valence-corrected chi connectivity index (χ1v) is 9.02. The molecule has 27 heavy (non-hydrogen) atoms. The van der Waals surface area contributed by atoms with Gasteiger partial charge in [0, 0.05) is 0 Å². The van der Waals surface area contributed by atoms with Crippen molar-refractivity contribution in [3.63, 3.8) is 0 Å². The molecular weight excluding hydrogens is 362 g/mol. The van der Waals surface area contributed by atoms with Crippen LogP contribution in [0.2, 0.25) is 0 Å². The van der Waals surface area contributed by atoms with E-state index in [2.05, 4.69) is 20.3 Å². The summed E-state index contributed by atoms with van der Waals surface area (Å²) in [6.07, 6.45) is 1.39. The lowest BCUT2D eigenvalue weighted by atomic mass is 10.2. The number of hydrogen-bond donors (Lipinski definition) is 2. The van der Waals surface area contributed by atoms with Crippen molar-refractivity contribution < 1.29 is 9.47 Å². The Bertz CT molecular complexity index is 1110. The Morgan fingerprint density at radius 3 is 2.63 bits per heavy atom. The van der Waals surface area contributed by atoms with E-state index in [0.29, 0.717) is 28.1 Å². The van der Waals surface area contributed by atoms with Crippen LogP contribution < -0.4 is 20.5 Å². The van der Waals surface area contributed by atoms with Crippen LogP contribution in [0.15, 0.2) is 48.8 Å². The van der Waals surface area contributed by atoms with Gasteiger partial charge in [-0.15, -0.1) is 0 Å². The number of aryl methyl sites for hydroxylation is 1. The van der Waals surface area contributed by atoms with Gasteiger partial charge in [0.1, 0.15) is 12.0 Å². The fourth-order valence-corrected chi connectivity index (χ4v) is 3.55. The fourth-order valence-electron chi connectivity index (χ4n) is 2.61. The standard InChI is InChI=1S/C19H17N5O2S/c1-11-6-5-9-14-16(11)23-19(27-14)24-17-15(20)18(22-10-21-17)26-13-8-4-3-7-12(13)25-2/h3-10H,20H2,1-2H3,(H,21,22,23,24). The molecule has 0 aliphatic rings. The van der Waals surface area contributed by atoms with Crippen molar-refractivity contribution in [3.05, 3.63) is 54.4 Å².